The summed E-state index contributed by atoms with van der Waals surface area (Å²) in [5.74, 6) is -0.304. The summed E-state index contributed by atoms with van der Waals surface area (Å²) in [6.07, 6.45) is 1.45. The third-order valence-corrected chi connectivity index (χ3v) is 2.40. The number of halogens is 1. The average Bonchev–Trinajstić information content (AvgIpc) is 2.29. The highest BCUT2D eigenvalue weighted by atomic mass is 35.5. The molecule has 0 bridgehead atoms. The molecule has 1 aromatic rings. The molecule has 7 nitrogen and oxygen atoms in total. The fourth-order valence-corrected chi connectivity index (χ4v) is 1.48. The number of carbonyl (C=O) groups is 2. The van der Waals surface area contributed by atoms with Gasteiger partial charge in [-0.3, -0.25) is 20.2 Å². The second-order valence-corrected chi connectivity index (χ2v) is 3.82. The summed E-state index contributed by atoms with van der Waals surface area (Å²) >= 11 is 5.66. The van der Waals surface area contributed by atoms with E-state index in [0.29, 0.717) is 0 Å². The van der Waals surface area contributed by atoms with E-state index < -0.39 is 6.04 Å². The predicted molar refractivity (Wildman–Crippen MR) is 60.5 cm³/mol. The average molecular weight is 256 g/mol. The van der Waals surface area contributed by atoms with Gasteiger partial charge in [0, 0.05) is 12.7 Å². The van der Waals surface area contributed by atoms with Crippen LogP contribution in [-0.4, -0.2) is 40.9 Å². The Morgan fingerprint density at radius 2 is 2.41 bits per heavy atom. The lowest BCUT2D eigenvalue weighted by Gasteiger charge is -2.22. The Hall–Kier alpha value is -1.73. The molecule has 1 unspecified atom stereocenters. The van der Waals surface area contributed by atoms with Crippen LogP contribution in [0.1, 0.15) is 0 Å². The van der Waals surface area contributed by atoms with Crippen LogP contribution in [0.2, 0.25) is 5.15 Å². The Labute approximate surface area is 102 Å². The molecule has 8 heteroatoms. The van der Waals surface area contributed by atoms with Crippen LogP contribution < -0.4 is 16.0 Å². The minimum absolute atomic E-state index is 0.120. The molecule has 1 aromatic heterocycles. The minimum Gasteiger partial charge on any atom is -0.353 e. The van der Waals surface area contributed by atoms with Gasteiger partial charge in [0.25, 0.3) is 0 Å². The molecule has 0 radical (unpaired) electrons. The molecule has 17 heavy (non-hydrogen) atoms. The third kappa shape index (κ3) is 3.11. The fraction of sp³-hybridized carbons (Fsp3) is 0.333. The number of aromatic nitrogens is 2. The Morgan fingerprint density at radius 3 is 3.06 bits per heavy atom. The van der Waals surface area contributed by atoms with Crippen molar-refractivity contribution in [2.24, 2.45) is 0 Å². The van der Waals surface area contributed by atoms with Crippen LogP contribution in [0.3, 0.4) is 0 Å². The summed E-state index contributed by atoms with van der Waals surface area (Å²) in [6, 6.07) is 1.02. The first-order valence-electron chi connectivity index (χ1n) is 4.94. The molecule has 90 valence electrons. The van der Waals surface area contributed by atoms with Crippen molar-refractivity contribution in [1.82, 2.24) is 20.6 Å². The molecule has 1 aliphatic heterocycles. The molecule has 0 saturated carbocycles. The summed E-state index contributed by atoms with van der Waals surface area (Å²) < 4.78 is 0. The minimum atomic E-state index is -0.490. The molecule has 1 atom stereocenters. The summed E-state index contributed by atoms with van der Waals surface area (Å²) in [5, 5.41) is 8.13. The Kier molecular flexibility index (Phi) is 3.50. The fourth-order valence-electron chi connectivity index (χ4n) is 1.35. The van der Waals surface area contributed by atoms with E-state index in [4.69, 9.17) is 11.6 Å². The molecule has 1 aliphatic rings. The number of rotatable bonds is 2. The Balaban J connectivity index is 1.95. The van der Waals surface area contributed by atoms with Crippen molar-refractivity contribution in [3.63, 3.8) is 0 Å². The van der Waals surface area contributed by atoms with E-state index in [0.717, 1.165) is 0 Å². The zero-order valence-corrected chi connectivity index (χ0v) is 9.49. The van der Waals surface area contributed by atoms with Gasteiger partial charge in [0.05, 0.1) is 6.54 Å². The first-order valence-corrected chi connectivity index (χ1v) is 5.32. The quantitative estimate of drug-likeness (QED) is 0.599. The third-order valence-electron chi connectivity index (χ3n) is 2.19. The molecular formula is C9H10ClN5O2. The molecule has 2 heterocycles. The van der Waals surface area contributed by atoms with Crippen LogP contribution >= 0.6 is 11.6 Å². The van der Waals surface area contributed by atoms with Gasteiger partial charge in [-0.15, -0.1) is 0 Å². The Bertz CT molecular complexity index is 443. The van der Waals surface area contributed by atoms with Crippen LogP contribution in [0.4, 0.5) is 5.95 Å². The maximum Gasteiger partial charge on any atom is 0.245 e. The highest BCUT2D eigenvalue weighted by Gasteiger charge is 2.24. The smallest absolute Gasteiger partial charge is 0.245 e. The molecule has 0 spiro atoms. The van der Waals surface area contributed by atoms with Crippen molar-refractivity contribution in [3.8, 4) is 0 Å². The zero-order valence-electron chi connectivity index (χ0n) is 8.74. The van der Waals surface area contributed by atoms with Gasteiger partial charge in [-0.05, 0) is 6.07 Å². The van der Waals surface area contributed by atoms with E-state index in [9.17, 15) is 9.59 Å². The number of amides is 2. The van der Waals surface area contributed by atoms with Crippen LogP contribution in [0.15, 0.2) is 12.3 Å². The van der Waals surface area contributed by atoms with Gasteiger partial charge in [0.1, 0.15) is 11.2 Å². The SMILES string of the molecule is O=C1CNC(C(=O)Nc2nccc(Cl)n2)CN1. The van der Waals surface area contributed by atoms with Crippen molar-refractivity contribution >= 4 is 29.4 Å². The van der Waals surface area contributed by atoms with Gasteiger partial charge in [0.2, 0.25) is 17.8 Å². The summed E-state index contributed by atoms with van der Waals surface area (Å²) in [6.45, 7) is 0.361. The molecule has 0 aromatic carbocycles. The largest absolute Gasteiger partial charge is 0.353 e. The van der Waals surface area contributed by atoms with Crippen LogP contribution in [0.25, 0.3) is 0 Å². The topological polar surface area (TPSA) is 96.0 Å². The normalized spacial score (nSPS) is 19.6. The molecule has 3 N–H and O–H groups in total. The van der Waals surface area contributed by atoms with Gasteiger partial charge in [-0.2, -0.15) is 0 Å². The monoisotopic (exact) mass is 255 g/mol. The second kappa shape index (κ2) is 5.07. The van der Waals surface area contributed by atoms with Crippen molar-refractivity contribution < 1.29 is 9.59 Å². The van der Waals surface area contributed by atoms with E-state index in [1.165, 1.54) is 12.3 Å². The van der Waals surface area contributed by atoms with Gasteiger partial charge in [0.15, 0.2) is 0 Å². The maximum absolute atomic E-state index is 11.7. The number of hydrogen-bond acceptors (Lipinski definition) is 5. The zero-order chi connectivity index (χ0) is 12.3. The Morgan fingerprint density at radius 1 is 1.59 bits per heavy atom. The number of piperazine rings is 1. The second-order valence-electron chi connectivity index (χ2n) is 3.43. The highest BCUT2D eigenvalue weighted by Crippen LogP contribution is 2.06. The molecule has 2 rings (SSSR count). The van der Waals surface area contributed by atoms with Crippen LogP contribution in [0, 0.1) is 0 Å². The summed E-state index contributed by atoms with van der Waals surface area (Å²) in [7, 11) is 0. The van der Waals surface area contributed by atoms with E-state index in [1.807, 2.05) is 0 Å². The number of carbonyl (C=O) groups excluding carboxylic acids is 2. The first kappa shape index (κ1) is 11.7. The summed E-state index contributed by atoms with van der Waals surface area (Å²) in [4.78, 5) is 30.3. The molecule has 1 fully saturated rings. The predicted octanol–water partition coefficient (Wildman–Crippen LogP) is -0.843. The highest BCUT2D eigenvalue weighted by molar-refractivity contribution is 6.29. The van der Waals surface area contributed by atoms with E-state index in [-0.39, 0.29) is 36.0 Å². The lowest BCUT2D eigenvalue weighted by Crippen LogP contribution is -2.56. The van der Waals surface area contributed by atoms with Gasteiger partial charge in [-0.25, -0.2) is 9.97 Å². The number of nitrogens with zero attached hydrogens (tertiary/aromatic N) is 2. The van der Waals surface area contributed by atoms with Crippen molar-refractivity contribution in [1.29, 1.82) is 0 Å². The molecule has 1 saturated heterocycles. The molecule has 2 amide bonds. The molecule has 0 aliphatic carbocycles. The molecular weight excluding hydrogens is 246 g/mol. The summed E-state index contributed by atoms with van der Waals surface area (Å²) in [5.41, 5.74) is 0. The lowest BCUT2D eigenvalue weighted by molar-refractivity contribution is -0.124. The van der Waals surface area contributed by atoms with Gasteiger partial charge < -0.3 is 5.32 Å². The van der Waals surface area contributed by atoms with E-state index in [2.05, 4.69) is 25.9 Å². The van der Waals surface area contributed by atoms with Crippen molar-refractivity contribution in [2.75, 3.05) is 18.4 Å². The number of anilines is 1. The van der Waals surface area contributed by atoms with Crippen LogP contribution in [0.5, 0.6) is 0 Å². The number of hydrogen-bond donors (Lipinski definition) is 3. The van der Waals surface area contributed by atoms with Gasteiger partial charge >= 0.3 is 0 Å². The van der Waals surface area contributed by atoms with Crippen molar-refractivity contribution in [2.45, 2.75) is 6.04 Å². The van der Waals surface area contributed by atoms with Crippen LogP contribution in [-0.2, 0) is 9.59 Å². The lowest BCUT2D eigenvalue weighted by atomic mass is 10.2. The maximum atomic E-state index is 11.7. The van der Waals surface area contributed by atoms with Crippen molar-refractivity contribution in [3.05, 3.63) is 17.4 Å². The van der Waals surface area contributed by atoms with E-state index in [1.54, 1.807) is 0 Å². The standard InChI is InChI=1S/C9H10ClN5O2/c10-6-1-2-11-9(14-6)15-8(17)5-3-13-7(16)4-12-5/h1-2,5,12H,3-4H2,(H,13,16)(H,11,14,15,17). The van der Waals surface area contributed by atoms with Gasteiger partial charge in [-0.1, -0.05) is 11.6 Å². The van der Waals surface area contributed by atoms with E-state index >= 15 is 0 Å². The number of nitrogens with one attached hydrogen (secondary N) is 3. The first-order chi connectivity index (χ1) is 8.15.